The molecule has 1 heterocycles. The fourth-order valence-electron chi connectivity index (χ4n) is 2.39. The number of hydrogen-bond acceptors (Lipinski definition) is 3. The zero-order chi connectivity index (χ0) is 14.5. The van der Waals surface area contributed by atoms with Gasteiger partial charge in [-0.2, -0.15) is 0 Å². The minimum Gasteiger partial charge on any atom is -0.392 e. The molecule has 0 saturated carbocycles. The molecule has 1 saturated heterocycles. The second kappa shape index (κ2) is 7.10. The number of rotatable bonds is 6. The number of aliphatic hydroxyl groups excluding tert-OH is 1. The van der Waals surface area contributed by atoms with Crippen molar-refractivity contribution in [1.82, 2.24) is 10.6 Å². The Morgan fingerprint density at radius 3 is 2.63 bits per heavy atom. The molecule has 1 fully saturated rings. The van der Waals surface area contributed by atoms with Gasteiger partial charge in [0.25, 0.3) is 0 Å². The summed E-state index contributed by atoms with van der Waals surface area (Å²) in [6, 6.07) is -0.195. The van der Waals surface area contributed by atoms with E-state index in [0.717, 1.165) is 19.4 Å². The van der Waals surface area contributed by atoms with Crippen molar-refractivity contribution in [2.75, 3.05) is 19.7 Å². The van der Waals surface area contributed by atoms with Crippen molar-refractivity contribution >= 4 is 6.03 Å². The predicted molar refractivity (Wildman–Crippen MR) is 75.0 cm³/mol. The fraction of sp³-hybridized carbons (Fsp3) is 0.929. The van der Waals surface area contributed by atoms with Gasteiger partial charge in [-0.1, -0.05) is 27.7 Å². The standard InChI is InChI=1S/C14H28N2O3/c1-10(2)12(17)14(3,4)9-16-13(18)15-8-11-6-5-7-19-11/h10-12,17H,5-9H2,1-4H3,(H2,15,16,18). The summed E-state index contributed by atoms with van der Waals surface area (Å²) in [4.78, 5) is 11.7. The van der Waals surface area contributed by atoms with Gasteiger partial charge in [0.2, 0.25) is 0 Å². The van der Waals surface area contributed by atoms with Crippen molar-refractivity contribution in [2.24, 2.45) is 11.3 Å². The second-order valence-corrected chi connectivity index (χ2v) is 6.38. The summed E-state index contributed by atoms with van der Waals surface area (Å²) in [6.45, 7) is 9.66. The summed E-state index contributed by atoms with van der Waals surface area (Å²) in [5.41, 5.74) is -0.338. The van der Waals surface area contributed by atoms with Gasteiger partial charge in [0.05, 0.1) is 12.2 Å². The summed E-state index contributed by atoms with van der Waals surface area (Å²) in [7, 11) is 0. The molecule has 112 valence electrons. The quantitative estimate of drug-likeness (QED) is 0.686. The lowest BCUT2D eigenvalue weighted by Gasteiger charge is -2.33. The third kappa shape index (κ3) is 5.37. The summed E-state index contributed by atoms with van der Waals surface area (Å²) in [5.74, 6) is 0.173. The van der Waals surface area contributed by atoms with Gasteiger partial charge in [-0.15, -0.1) is 0 Å². The van der Waals surface area contributed by atoms with Crippen LogP contribution in [0.3, 0.4) is 0 Å². The van der Waals surface area contributed by atoms with Crippen molar-refractivity contribution in [1.29, 1.82) is 0 Å². The van der Waals surface area contributed by atoms with Crippen molar-refractivity contribution in [3.63, 3.8) is 0 Å². The van der Waals surface area contributed by atoms with Crippen LogP contribution in [0.4, 0.5) is 4.79 Å². The lowest BCUT2D eigenvalue weighted by molar-refractivity contribution is 0.0151. The molecule has 3 N–H and O–H groups in total. The molecule has 0 spiro atoms. The monoisotopic (exact) mass is 272 g/mol. The predicted octanol–water partition coefficient (Wildman–Crippen LogP) is 1.51. The molecular weight excluding hydrogens is 244 g/mol. The Kier molecular flexibility index (Phi) is 6.07. The van der Waals surface area contributed by atoms with Gasteiger partial charge in [0.1, 0.15) is 0 Å². The highest BCUT2D eigenvalue weighted by Gasteiger charge is 2.30. The Labute approximate surface area is 116 Å². The first kappa shape index (κ1) is 16.2. The molecule has 0 aromatic rings. The molecule has 0 bridgehead atoms. The van der Waals surface area contributed by atoms with E-state index in [9.17, 15) is 9.90 Å². The van der Waals surface area contributed by atoms with Crippen LogP contribution in [0, 0.1) is 11.3 Å². The third-order valence-electron chi connectivity index (χ3n) is 3.65. The molecule has 1 rings (SSSR count). The molecule has 2 atom stereocenters. The van der Waals surface area contributed by atoms with E-state index in [4.69, 9.17) is 4.74 Å². The zero-order valence-corrected chi connectivity index (χ0v) is 12.5. The smallest absolute Gasteiger partial charge is 0.314 e. The molecule has 0 aliphatic carbocycles. The number of carbonyl (C=O) groups is 1. The largest absolute Gasteiger partial charge is 0.392 e. The molecule has 0 radical (unpaired) electrons. The Morgan fingerprint density at radius 1 is 1.42 bits per heavy atom. The molecule has 2 unspecified atom stereocenters. The van der Waals surface area contributed by atoms with Crippen molar-refractivity contribution in [3.05, 3.63) is 0 Å². The van der Waals surface area contributed by atoms with E-state index in [1.807, 2.05) is 27.7 Å². The number of aliphatic hydroxyl groups is 1. The number of amides is 2. The highest BCUT2D eigenvalue weighted by molar-refractivity contribution is 5.73. The van der Waals surface area contributed by atoms with Crippen LogP contribution in [0.1, 0.15) is 40.5 Å². The molecule has 0 aromatic heterocycles. The molecule has 1 aliphatic rings. The lowest BCUT2D eigenvalue weighted by Crippen LogP contribution is -2.47. The topological polar surface area (TPSA) is 70.6 Å². The number of ether oxygens (including phenoxy) is 1. The highest BCUT2D eigenvalue weighted by atomic mass is 16.5. The summed E-state index contributed by atoms with van der Waals surface area (Å²) in [5, 5.41) is 15.7. The Hall–Kier alpha value is -0.810. The van der Waals surface area contributed by atoms with E-state index in [2.05, 4.69) is 10.6 Å². The number of nitrogens with one attached hydrogen (secondary N) is 2. The maximum absolute atomic E-state index is 11.7. The van der Waals surface area contributed by atoms with E-state index in [1.165, 1.54) is 0 Å². The average molecular weight is 272 g/mol. The van der Waals surface area contributed by atoms with Crippen LogP contribution in [-0.4, -0.2) is 43.0 Å². The van der Waals surface area contributed by atoms with Gasteiger partial charge in [0, 0.05) is 25.1 Å². The minimum absolute atomic E-state index is 0.153. The van der Waals surface area contributed by atoms with Crippen molar-refractivity contribution in [2.45, 2.75) is 52.7 Å². The summed E-state index contributed by atoms with van der Waals surface area (Å²) in [6.07, 6.45) is 1.80. The molecule has 5 heteroatoms. The molecule has 19 heavy (non-hydrogen) atoms. The van der Waals surface area contributed by atoms with Crippen LogP contribution in [-0.2, 0) is 4.74 Å². The lowest BCUT2D eigenvalue weighted by atomic mass is 9.81. The molecule has 1 aliphatic heterocycles. The van der Waals surface area contributed by atoms with E-state index >= 15 is 0 Å². The average Bonchev–Trinajstić information content (AvgIpc) is 2.86. The van der Waals surface area contributed by atoms with Crippen molar-refractivity contribution in [3.8, 4) is 0 Å². The van der Waals surface area contributed by atoms with Gasteiger partial charge in [0.15, 0.2) is 0 Å². The Bertz CT molecular complexity index is 286. The van der Waals surface area contributed by atoms with Crippen LogP contribution >= 0.6 is 0 Å². The normalized spacial score (nSPS) is 21.5. The first-order valence-corrected chi connectivity index (χ1v) is 7.14. The highest BCUT2D eigenvalue weighted by Crippen LogP contribution is 2.24. The van der Waals surface area contributed by atoms with Crippen LogP contribution in [0.25, 0.3) is 0 Å². The SMILES string of the molecule is CC(C)C(O)C(C)(C)CNC(=O)NCC1CCCO1. The van der Waals surface area contributed by atoms with Crippen LogP contribution in [0.2, 0.25) is 0 Å². The van der Waals surface area contributed by atoms with Gasteiger partial charge >= 0.3 is 6.03 Å². The van der Waals surface area contributed by atoms with Crippen LogP contribution < -0.4 is 10.6 Å². The minimum atomic E-state index is -0.439. The van der Waals surface area contributed by atoms with Gasteiger partial charge < -0.3 is 20.5 Å². The van der Waals surface area contributed by atoms with Crippen LogP contribution in [0.15, 0.2) is 0 Å². The number of urea groups is 1. The van der Waals surface area contributed by atoms with E-state index < -0.39 is 6.10 Å². The number of carbonyl (C=O) groups excluding carboxylic acids is 1. The molecule has 2 amide bonds. The van der Waals surface area contributed by atoms with Gasteiger partial charge in [-0.3, -0.25) is 0 Å². The van der Waals surface area contributed by atoms with Crippen molar-refractivity contribution < 1.29 is 14.6 Å². The first-order valence-electron chi connectivity index (χ1n) is 7.14. The maximum atomic E-state index is 11.7. The number of hydrogen-bond donors (Lipinski definition) is 3. The summed E-state index contributed by atoms with van der Waals surface area (Å²) >= 11 is 0. The third-order valence-corrected chi connectivity index (χ3v) is 3.65. The van der Waals surface area contributed by atoms with E-state index in [-0.39, 0.29) is 23.5 Å². The second-order valence-electron chi connectivity index (χ2n) is 6.38. The molecule has 0 aromatic carbocycles. The Morgan fingerprint density at radius 2 is 2.11 bits per heavy atom. The molecular formula is C14H28N2O3. The van der Waals surface area contributed by atoms with Crippen LogP contribution in [0.5, 0.6) is 0 Å². The van der Waals surface area contributed by atoms with Gasteiger partial charge in [-0.25, -0.2) is 4.79 Å². The maximum Gasteiger partial charge on any atom is 0.314 e. The first-order chi connectivity index (χ1) is 8.83. The van der Waals surface area contributed by atoms with Gasteiger partial charge in [-0.05, 0) is 18.8 Å². The van der Waals surface area contributed by atoms with E-state index in [1.54, 1.807) is 0 Å². The van der Waals surface area contributed by atoms with E-state index in [0.29, 0.717) is 13.1 Å². The Balaban J connectivity index is 2.24. The zero-order valence-electron chi connectivity index (χ0n) is 12.5. The summed E-state index contributed by atoms with van der Waals surface area (Å²) < 4.78 is 5.44. The molecule has 5 nitrogen and oxygen atoms in total. The fourth-order valence-corrected chi connectivity index (χ4v) is 2.39.